The lowest BCUT2D eigenvalue weighted by Crippen LogP contribution is -2.63. The quantitative estimate of drug-likeness (QED) is 0.668. The Hall–Kier alpha value is -3.22. The van der Waals surface area contributed by atoms with Gasteiger partial charge in [-0.25, -0.2) is 8.78 Å². The smallest absolute Gasteiger partial charge is 0.257 e. The lowest BCUT2D eigenvalue weighted by Gasteiger charge is -2.59. The Kier molecular flexibility index (Phi) is 4.39. The van der Waals surface area contributed by atoms with Crippen molar-refractivity contribution in [2.75, 3.05) is 13.1 Å². The fraction of sp³-hybridized carbons (Fsp3) is 0.333. The van der Waals surface area contributed by atoms with Crippen molar-refractivity contribution >= 4 is 5.91 Å². The van der Waals surface area contributed by atoms with Gasteiger partial charge in [-0.3, -0.25) is 9.48 Å². The molecule has 7 heteroatoms. The van der Waals surface area contributed by atoms with Crippen LogP contribution in [-0.2, 0) is 0 Å². The summed E-state index contributed by atoms with van der Waals surface area (Å²) in [5.74, 6) is -1.46. The van der Waals surface area contributed by atoms with Gasteiger partial charge in [-0.2, -0.15) is 5.10 Å². The summed E-state index contributed by atoms with van der Waals surface area (Å²) in [6.45, 7) is 5.10. The summed E-state index contributed by atoms with van der Waals surface area (Å²) in [6.07, 6.45) is 1.77. The van der Waals surface area contributed by atoms with Crippen molar-refractivity contribution < 1.29 is 18.7 Å². The number of aromatic nitrogens is 2. The van der Waals surface area contributed by atoms with Crippen LogP contribution in [0.5, 0.6) is 5.75 Å². The number of phenols is 1. The van der Waals surface area contributed by atoms with E-state index in [4.69, 9.17) is 0 Å². The molecule has 0 atom stereocenters. The van der Waals surface area contributed by atoms with Gasteiger partial charge in [0, 0.05) is 30.1 Å². The number of carbonyl (C=O) groups excluding carboxylic acids is 1. The van der Waals surface area contributed by atoms with Gasteiger partial charge in [-0.05, 0) is 62.6 Å². The van der Waals surface area contributed by atoms with Crippen LogP contribution >= 0.6 is 0 Å². The Labute approximate surface area is 178 Å². The van der Waals surface area contributed by atoms with Gasteiger partial charge in [0.15, 0.2) is 0 Å². The molecule has 1 saturated heterocycles. The molecule has 1 aromatic heterocycles. The predicted molar refractivity (Wildman–Crippen MR) is 112 cm³/mol. The normalized spacial score (nSPS) is 17.5. The monoisotopic (exact) mass is 423 g/mol. The predicted octanol–water partition coefficient (Wildman–Crippen LogP) is 4.63. The third-order valence-corrected chi connectivity index (χ3v) is 6.55. The van der Waals surface area contributed by atoms with Gasteiger partial charge in [-0.15, -0.1) is 0 Å². The summed E-state index contributed by atoms with van der Waals surface area (Å²) in [5, 5.41) is 14.5. The summed E-state index contributed by atoms with van der Waals surface area (Å²) in [4.78, 5) is 14.3. The summed E-state index contributed by atoms with van der Waals surface area (Å²) < 4.78 is 29.0. The van der Waals surface area contributed by atoms with E-state index in [9.17, 15) is 18.7 Å². The average Bonchev–Trinajstić information content (AvgIpc) is 3.02. The highest BCUT2D eigenvalue weighted by Gasteiger charge is 2.55. The van der Waals surface area contributed by atoms with Gasteiger partial charge in [-0.1, -0.05) is 6.07 Å². The van der Waals surface area contributed by atoms with Gasteiger partial charge in [0.2, 0.25) is 0 Å². The first-order valence-corrected chi connectivity index (χ1v) is 10.4. The molecule has 2 aliphatic rings. The SMILES string of the molecule is Cc1cc(-c2cc(F)ccc2C)n(C2CC3(C2)CN(C(=O)c2ccc(F)cc2O)C3)n1. The molecular weight excluding hydrogens is 400 g/mol. The minimum Gasteiger partial charge on any atom is -0.507 e. The number of likely N-dealkylation sites (tertiary alicyclic amines) is 1. The molecule has 0 bridgehead atoms. The molecule has 2 aromatic carbocycles. The topological polar surface area (TPSA) is 58.4 Å². The Morgan fingerprint density at radius 1 is 1.06 bits per heavy atom. The summed E-state index contributed by atoms with van der Waals surface area (Å²) in [7, 11) is 0. The van der Waals surface area contributed by atoms with Crippen molar-refractivity contribution in [3.63, 3.8) is 0 Å². The molecule has 31 heavy (non-hydrogen) atoms. The van der Waals surface area contributed by atoms with Gasteiger partial charge in [0.1, 0.15) is 17.4 Å². The second-order valence-electron chi connectivity index (χ2n) is 8.96. The zero-order chi connectivity index (χ0) is 21.9. The number of phenolic OH excluding ortho intramolecular Hbond substituents is 1. The number of nitrogens with zero attached hydrogens (tertiary/aromatic N) is 3. The maximum atomic E-state index is 13.9. The molecule has 5 nitrogen and oxygen atoms in total. The van der Waals surface area contributed by atoms with E-state index in [0.29, 0.717) is 13.1 Å². The van der Waals surface area contributed by atoms with E-state index in [2.05, 4.69) is 5.10 Å². The van der Waals surface area contributed by atoms with Crippen molar-refractivity contribution in [1.82, 2.24) is 14.7 Å². The number of halogens is 2. The molecule has 5 rings (SSSR count). The van der Waals surface area contributed by atoms with Crippen LogP contribution in [0.15, 0.2) is 42.5 Å². The average molecular weight is 423 g/mol. The molecule has 1 spiro atoms. The fourth-order valence-electron chi connectivity index (χ4n) is 5.00. The van der Waals surface area contributed by atoms with E-state index < -0.39 is 5.82 Å². The number of aromatic hydroxyl groups is 1. The zero-order valence-corrected chi connectivity index (χ0v) is 17.4. The first-order chi connectivity index (χ1) is 14.7. The molecule has 2 fully saturated rings. The molecule has 160 valence electrons. The van der Waals surface area contributed by atoms with E-state index in [-0.39, 0.29) is 34.5 Å². The number of aryl methyl sites for hydroxylation is 2. The highest BCUT2D eigenvalue weighted by molar-refractivity contribution is 5.97. The van der Waals surface area contributed by atoms with Crippen LogP contribution in [0, 0.1) is 30.9 Å². The number of rotatable bonds is 3. The lowest BCUT2D eigenvalue weighted by molar-refractivity contribution is -0.0735. The van der Waals surface area contributed by atoms with Crippen molar-refractivity contribution in [2.24, 2.45) is 5.41 Å². The van der Waals surface area contributed by atoms with Crippen molar-refractivity contribution in [3.8, 4) is 17.0 Å². The molecule has 0 unspecified atom stereocenters. The number of hydrogen-bond acceptors (Lipinski definition) is 3. The van der Waals surface area contributed by atoms with E-state index in [1.54, 1.807) is 17.0 Å². The van der Waals surface area contributed by atoms with E-state index in [0.717, 1.165) is 41.4 Å². The van der Waals surface area contributed by atoms with Crippen LogP contribution in [0.25, 0.3) is 11.3 Å². The zero-order valence-electron chi connectivity index (χ0n) is 17.4. The highest BCUT2D eigenvalue weighted by Crippen LogP contribution is 2.55. The Balaban J connectivity index is 1.29. The van der Waals surface area contributed by atoms with Crippen LogP contribution < -0.4 is 0 Å². The van der Waals surface area contributed by atoms with Crippen LogP contribution in [0.1, 0.15) is 40.5 Å². The molecule has 1 amide bonds. The molecule has 1 saturated carbocycles. The lowest BCUT2D eigenvalue weighted by atomic mass is 9.60. The van der Waals surface area contributed by atoms with Crippen LogP contribution in [-0.4, -0.2) is 38.8 Å². The minimum absolute atomic E-state index is 0.0457. The fourth-order valence-corrected chi connectivity index (χ4v) is 5.00. The number of carbonyl (C=O) groups is 1. The number of benzene rings is 2. The molecule has 3 aromatic rings. The van der Waals surface area contributed by atoms with Crippen LogP contribution in [0.2, 0.25) is 0 Å². The standard InChI is InChI=1S/C24H23F2N3O2/c1-14-3-4-16(25)8-20(14)21-7-15(2)27-29(21)18-10-24(11-18)12-28(13-24)23(31)19-6-5-17(26)9-22(19)30/h3-9,18,30H,10-13H2,1-2H3. The van der Waals surface area contributed by atoms with Gasteiger partial charge >= 0.3 is 0 Å². The Morgan fingerprint density at radius 3 is 2.45 bits per heavy atom. The van der Waals surface area contributed by atoms with E-state index >= 15 is 0 Å². The maximum absolute atomic E-state index is 13.9. The Morgan fingerprint density at radius 2 is 1.74 bits per heavy atom. The van der Waals surface area contributed by atoms with E-state index in [1.807, 2.05) is 24.6 Å². The third-order valence-electron chi connectivity index (χ3n) is 6.55. The number of amides is 1. The molecular formula is C24H23F2N3O2. The second kappa shape index (κ2) is 6.90. The summed E-state index contributed by atoms with van der Waals surface area (Å²) in [5.41, 5.74) is 3.81. The first kappa shape index (κ1) is 19.7. The van der Waals surface area contributed by atoms with Crippen LogP contribution in [0.4, 0.5) is 8.78 Å². The van der Waals surface area contributed by atoms with Crippen LogP contribution in [0.3, 0.4) is 0 Å². The minimum atomic E-state index is -0.574. The first-order valence-electron chi connectivity index (χ1n) is 10.4. The molecule has 1 N–H and O–H groups in total. The van der Waals surface area contributed by atoms with Crippen molar-refractivity contribution in [1.29, 1.82) is 0 Å². The largest absolute Gasteiger partial charge is 0.507 e. The third kappa shape index (κ3) is 3.28. The Bertz CT molecular complexity index is 1190. The molecule has 2 heterocycles. The maximum Gasteiger partial charge on any atom is 0.257 e. The summed E-state index contributed by atoms with van der Waals surface area (Å²) >= 11 is 0. The van der Waals surface area contributed by atoms with Crippen molar-refractivity contribution in [2.45, 2.75) is 32.7 Å². The van der Waals surface area contributed by atoms with Crippen molar-refractivity contribution in [3.05, 3.63) is 70.9 Å². The number of hydrogen-bond donors (Lipinski definition) is 1. The molecule has 1 aliphatic carbocycles. The highest BCUT2D eigenvalue weighted by atomic mass is 19.1. The van der Waals surface area contributed by atoms with E-state index in [1.165, 1.54) is 18.2 Å². The molecule has 0 radical (unpaired) electrons. The molecule has 1 aliphatic heterocycles. The second-order valence-corrected chi connectivity index (χ2v) is 8.96. The van der Waals surface area contributed by atoms with Gasteiger partial charge in [0.25, 0.3) is 5.91 Å². The van der Waals surface area contributed by atoms with Gasteiger partial charge in [0.05, 0.1) is 23.0 Å². The summed E-state index contributed by atoms with van der Waals surface area (Å²) in [6, 6.07) is 10.4. The van der Waals surface area contributed by atoms with Gasteiger partial charge < -0.3 is 10.0 Å².